The van der Waals surface area contributed by atoms with Crippen LogP contribution >= 0.6 is 0 Å². The number of carbonyl (C=O) groups is 2. The molecule has 0 bridgehead atoms. The smallest absolute Gasteiger partial charge is 0.272 e. The monoisotopic (exact) mass is 274 g/mol. The summed E-state index contributed by atoms with van der Waals surface area (Å²) in [6, 6.07) is 11.0. The van der Waals surface area contributed by atoms with Crippen LogP contribution in [0, 0.1) is 5.82 Å². The zero-order valence-electron chi connectivity index (χ0n) is 10.3. The molecule has 0 spiro atoms. The van der Waals surface area contributed by atoms with E-state index in [9.17, 15) is 19.1 Å². The molecule has 0 radical (unpaired) electrons. The second-order valence-electron chi connectivity index (χ2n) is 3.94. The number of halogens is 1. The number of nitrogens with one attached hydrogen (secondary N) is 2. The van der Waals surface area contributed by atoms with Crippen molar-refractivity contribution in [1.29, 1.82) is 0 Å². The van der Waals surface area contributed by atoms with E-state index in [2.05, 4.69) is 10.9 Å². The van der Waals surface area contributed by atoms with Crippen molar-refractivity contribution in [2.75, 3.05) is 0 Å². The van der Waals surface area contributed by atoms with Crippen molar-refractivity contribution in [1.82, 2.24) is 10.9 Å². The van der Waals surface area contributed by atoms with Gasteiger partial charge < -0.3 is 5.11 Å². The van der Waals surface area contributed by atoms with E-state index in [4.69, 9.17) is 0 Å². The van der Waals surface area contributed by atoms with Gasteiger partial charge in [0.15, 0.2) is 0 Å². The Balaban J connectivity index is 2.01. The number of benzene rings is 2. The maximum absolute atomic E-state index is 13.3. The number of phenols is 1. The second kappa shape index (κ2) is 5.83. The Morgan fingerprint density at radius 1 is 0.950 bits per heavy atom. The fourth-order valence-electron chi connectivity index (χ4n) is 1.55. The van der Waals surface area contributed by atoms with Gasteiger partial charge in [-0.25, -0.2) is 4.39 Å². The third-order valence-electron chi connectivity index (χ3n) is 2.52. The standard InChI is InChI=1S/C14H11FN2O3/c15-12-7-2-1-6-11(12)14(20)17-16-13(19)9-4-3-5-10(18)8-9/h1-8,18H,(H,16,19)(H,17,20). The number of hydrazine groups is 1. The van der Waals surface area contributed by atoms with Crippen molar-refractivity contribution in [2.45, 2.75) is 0 Å². The van der Waals surface area contributed by atoms with E-state index in [1.54, 1.807) is 0 Å². The number of rotatable bonds is 2. The number of hydrogen-bond acceptors (Lipinski definition) is 3. The molecule has 102 valence electrons. The number of aromatic hydroxyl groups is 1. The highest BCUT2D eigenvalue weighted by Gasteiger charge is 2.12. The van der Waals surface area contributed by atoms with E-state index in [0.717, 1.165) is 6.07 Å². The molecule has 0 aliphatic carbocycles. The molecule has 2 aromatic rings. The van der Waals surface area contributed by atoms with Crippen molar-refractivity contribution < 1.29 is 19.1 Å². The lowest BCUT2D eigenvalue weighted by atomic mass is 10.2. The first-order chi connectivity index (χ1) is 9.58. The molecule has 0 unspecified atom stereocenters. The molecule has 0 aromatic heterocycles. The zero-order chi connectivity index (χ0) is 14.5. The zero-order valence-corrected chi connectivity index (χ0v) is 10.3. The maximum Gasteiger partial charge on any atom is 0.272 e. The Labute approximate surface area is 114 Å². The van der Waals surface area contributed by atoms with Crippen molar-refractivity contribution in [2.24, 2.45) is 0 Å². The van der Waals surface area contributed by atoms with Crippen LogP contribution < -0.4 is 10.9 Å². The van der Waals surface area contributed by atoms with Gasteiger partial charge in [-0.1, -0.05) is 18.2 Å². The summed E-state index contributed by atoms with van der Waals surface area (Å²) in [5.41, 5.74) is 4.22. The Kier molecular flexibility index (Phi) is 3.95. The molecule has 2 rings (SSSR count). The molecule has 0 aliphatic heterocycles. The van der Waals surface area contributed by atoms with Gasteiger partial charge in [0, 0.05) is 5.56 Å². The van der Waals surface area contributed by atoms with E-state index >= 15 is 0 Å². The Morgan fingerprint density at radius 3 is 2.35 bits per heavy atom. The SMILES string of the molecule is O=C(NNC(=O)c1ccccc1F)c1cccc(O)c1. The highest BCUT2D eigenvalue weighted by Crippen LogP contribution is 2.10. The summed E-state index contributed by atoms with van der Waals surface area (Å²) in [5, 5.41) is 9.24. The molecule has 2 amide bonds. The number of amides is 2. The lowest BCUT2D eigenvalue weighted by molar-refractivity contribution is 0.0844. The van der Waals surface area contributed by atoms with Gasteiger partial charge in [0.2, 0.25) is 0 Å². The molecule has 5 nitrogen and oxygen atoms in total. The van der Waals surface area contributed by atoms with E-state index in [0.29, 0.717) is 0 Å². The van der Waals surface area contributed by atoms with Gasteiger partial charge in [-0.15, -0.1) is 0 Å². The van der Waals surface area contributed by atoms with Crippen LogP contribution in [0.5, 0.6) is 5.75 Å². The topological polar surface area (TPSA) is 78.4 Å². The summed E-state index contributed by atoms with van der Waals surface area (Å²) in [6.07, 6.45) is 0. The van der Waals surface area contributed by atoms with Crippen molar-refractivity contribution in [3.8, 4) is 5.75 Å². The fourth-order valence-corrected chi connectivity index (χ4v) is 1.55. The molecule has 0 heterocycles. The van der Waals surface area contributed by atoms with Crippen LogP contribution in [0.25, 0.3) is 0 Å². The van der Waals surface area contributed by atoms with Gasteiger partial charge in [-0.3, -0.25) is 20.4 Å². The van der Waals surface area contributed by atoms with Gasteiger partial charge in [0.1, 0.15) is 11.6 Å². The highest BCUT2D eigenvalue weighted by molar-refractivity contribution is 5.99. The van der Waals surface area contributed by atoms with Crippen molar-refractivity contribution in [3.63, 3.8) is 0 Å². The summed E-state index contributed by atoms with van der Waals surface area (Å²) in [4.78, 5) is 23.3. The van der Waals surface area contributed by atoms with Gasteiger partial charge in [-0.2, -0.15) is 0 Å². The van der Waals surface area contributed by atoms with Crippen molar-refractivity contribution >= 4 is 11.8 Å². The first kappa shape index (κ1) is 13.5. The minimum absolute atomic E-state index is 0.0712. The molecule has 2 aromatic carbocycles. The molecule has 0 saturated carbocycles. The van der Waals surface area contributed by atoms with E-state index in [1.807, 2.05) is 0 Å². The molecule has 0 atom stereocenters. The Hall–Kier alpha value is -2.89. The minimum atomic E-state index is -0.767. The van der Waals surface area contributed by atoms with E-state index < -0.39 is 17.6 Å². The second-order valence-corrected chi connectivity index (χ2v) is 3.94. The largest absolute Gasteiger partial charge is 0.508 e. The van der Waals surface area contributed by atoms with Crippen LogP contribution in [0.4, 0.5) is 4.39 Å². The van der Waals surface area contributed by atoms with E-state index in [-0.39, 0.29) is 16.9 Å². The quantitative estimate of drug-likeness (QED) is 0.728. The molecular weight excluding hydrogens is 263 g/mol. The first-order valence-corrected chi connectivity index (χ1v) is 5.72. The number of carbonyl (C=O) groups excluding carboxylic acids is 2. The van der Waals surface area contributed by atoms with Gasteiger partial charge in [0.05, 0.1) is 5.56 Å². The summed E-state index contributed by atoms with van der Waals surface area (Å²) in [5.74, 6) is -2.14. The summed E-state index contributed by atoms with van der Waals surface area (Å²) in [6.45, 7) is 0. The fraction of sp³-hybridized carbons (Fsp3) is 0. The average molecular weight is 274 g/mol. The Bertz CT molecular complexity index is 658. The molecule has 0 fully saturated rings. The van der Waals surface area contributed by atoms with Crippen LogP contribution in [-0.2, 0) is 0 Å². The summed E-state index contributed by atoms with van der Waals surface area (Å²) < 4.78 is 13.3. The predicted octanol–water partition coefficient (Wildman–Crippen LogP) is 1.61. The summed E-state index contributed by atoms with van der Waals surface area (Å²) >= 11 is 0. The van der Waals surface area contributed by atoms with Crippen LogP contribution in [0.2, 0.25) is 0 Å². The van der Waals surface area contributed by atoms with E-state index in [1.165, 1.54) is 42.5 Å². The first-order valence-electron chi connectivity index (χ1n) is 5.72. The maximum atomic E-state index is 13.3. The van der Waals surface area contributed by atoms with Gasteiger partial charge in [0.25, 0.3) is 11.8 Å². The minimum Gasteiger partial charge on any atom is -0.508 e. The third-order valence-corrected chi connectivity index (χ3v) is 2.52. The normalized spacial score (nSPS) is 9.85. The molecule has 0 aliphatic rings. The Morgan fingerprint density at radius 2 is 1.65 bits per heavy atom. The lowest BCUT2D eigenvalue weighted by Crippen LogP contribution is -2.41. The predicted molar refractivity (Wildman–Crippen MR) is 69.4 cm³/mol. The van der Waals surface area contributed by atoms with Crippen LogP contribution in [0.1, 0.15) is 20.7 Å². The lowest BCUT2D eigenvalue weighted by Gasteiger charge is -2.08. The van der Waals surface area contributed by atoms with Crippen LogP contribution in [0.15, 0.2) is 48.5 Å². The molecular formula is C14H11FN2O3. The van der Waals surface area contributed by atoms with Gasteiger partial charge >= 0.3 is 0 Å². The number of phenolic OH excluding ortho intramolecular Hbond substituents is 1. The number of hydrogen-bond donors (Lipinski definition) is 3. The third kappa shape index (κ3) is 3.11. The molecule has 20 heavy (non-hydrogen) atoms. The van der Waals surface area contributed by atoms with Crippen LogP contribution in [-0.4, -0.2) is 16.9 Å². The molecule has 0 saturated heterocycles. The highest BCUT2D eigenvalue weighted by atomic mass is 19.1. The molecule has 3 N–H and O–H groups in total. The van der Waals surface area contributed by atoms with Gasteiger partial charge in [-0.05, 0) is 30.3 Å². The summed E-state index contributed by atoms with van der Waals surface area (Å²) in [7, 11) is 0. The average Bonchev–Trinajstić information content (AvgIpc) is 2.45. The molecule has 6 heteroatoms. The van der Waals surface area contributed by atoms with Crippen LogP contribution in [0.3, 0.4) is 0 Å². The van der Waals surface area contributed by atoms with Crippen molar-refractivity contribution in [3.05, 3.63) is 65.5 Å².